The third-order valence-corrected chi connectivity index (χ3v) is 10.1. The number of halogens is 2. The number of carbonyl (C=O) groups excluding carboxylic acids is 5. The number of likely N-dealkylation sites (N-methyl/N-ethyl adjacent to an activating group) is 1. The van der Waals surface area contributed by atoms with Crippen LogP contribution in [0.5, 0.6) is 5.75 Å². The second-order valence-corrected chi connectivity index (χ2v) is 15.6. The number of nitrogens with zero attached hydrogens (tertiary/aromatic N) is 3. The molecule has 0 spiro atoms. The summed E-state index contributed by atoms with van der Waals surface area (Å²) in [7, 11) is 6.41. The number of primary amides is 1. The van der Waals surface area contributed by atoms with Gasteiger partial charge in [0.05, 0.1) is 18.2 Å². The Morgan fingerprint density at radius 3 is 2.18 bits per heavy atom. The molecule has 0 saturated heterocycles. The molecule has 17 heteroatoms. The summed E-state index contributed by atoms with van der Waals surface area (Å²) >= 11 is 0. The average molecular weight is 771 g/mol. The van der Waals surface area contributed by atoms with Gasteiger partial charge in [0.2, 0.25) is 12.6 Å². The van der Waals surface area contributed by atoms with Gasteiger partial charge in [-0.25, -0.2) is 18.4 Å². The van der Waals surface area contributed by atoms with E-state index in [9.17, 15) is 53.2 Å². The standard InChI is InChI=1S/C38H44F2N4O11/c1-37(2,3)15-44(36(52)55-16-54-35(51)26-21(39)9-8-10-22(26)40)14-18-13-23(42(4)5)19-11-17-12-20-28(43(6)7)31(47)27(34(41)50)33(49)38(20,53)32(48)24(17)30(46)25(19)29(18)45/h8-10,13,17,20,28,45-46,49,53H,11-12,14-16H2,1-7H3,(H2,41,50)/t17-,20-,28-,38-/m0/s1. The topological polar surface area (TPSA) is 220 Å². The number of benzene rings is 2. The van der Waals surface area contributed by atoms with E-state index < -0.39 is 105 Å². The van der Waals surface area contributed by atoms with Crippen molar-refractivity contribution >= 4 is 41.0 Å². The van der Waals surface area contributed by atoms with E-state index in [1.807, 2.05) is 20.8 Å². The Morgan fingerprint density at radius 2 is 1.64 bits per heavy atom. The van der Waals surface area contributed by atoms with E-state index in [-0.39, 0.29) is 42.6 Å². The summed E-state index contributed by atoms with van der Waals surface area (Å²) in [5.74, 6) is -11.6. The van der Waals surface area contributed by atoms with Gasteiger partial charge in [-0.3, -0.25) is 19.3 Å². The number of Topliss-reactive ketones (excluding diaryl/α,β-unsaturated/α-hetero) is 2. The highest BCUT2D eigenvalue weighted by atomic mass is 19.1. The van der Waals surface area contributed by atoms with Crippen molar-refractivity contribution in [3.63, 3.8) is 0 Å². The summed E-state index contributed by atoms with van der Waals surface area (Å²) in [6, 6.07) is 3.13. The van der Waals surface area contributed by atoms with Crippen molar-refractivity contribution in [2.75, 3.05) is 46.4 Å². The fourth-order valence-corrected chi connectivity index (χ4v) is 7.82. The second kappa shape index (κ2) is 14.6. The van der Waals surface area contributed by atoms with E-state index in [1.54, 1.807) is 25.1 Å². The molecule has 55 heavy (non-hydrogen) atoms. The van der Waals surface area contributed by atoms with Crippen LogP contribution in [0, 0.1) is 28.9 Å². The number of aliphatic hydroxyl groups excluding tert-OH is 2. The van der Waals surface area contributed by atoms with E-state index in [0.717, 1.165) is 18.2 Å². The predicted octanol–water partition coefficient (Wildman–Crippen LogP) is 3.11. The lowest BCUT2D eigenvalue weighted by atomic mass is 9.57. The Labute approximate surface area is 315 Å². The number of hydrogen-bond acceptors (Lipinski definition) is 13. The summed E-state index contributed by atoms with van der Waals surface area (Å²) < 4.78 is 38.1. The summed E-state index contributed by atoms with van der Waals surface area (Å²) in [5, 5.41) is 46.7. The first-order valence-electron chi connectivity index (χ1n) is 17.3. The third kappa shape index (κ3) is 7.09. The number of phenols is 1. The van der Waals surface area contributed by atoms with Crippen molar-refractivity contribution in [1.29, 1.82) is 0 Å². The van der Waals surface area contributed by atoms with Crippen molar-refractivity contribution in [3.8, 4) is 5.75 Å². The van der Waals surface area contributed by atoms with E-state index in [2.05, 4.69) is 0 Å². The summed E-state index contributed by atoms with van der Waals surface area (Å²) in [6.07, 6.45) is -1.09. The number of aromatic hydroxyl groups is 1. The first-order valence-corrected chi connectivity index (χ1v) is 17.3. The highest BCUT2D eigenvalue weighted by molar-refractivity contribution is 6.24. The van der Waals surface area contributed by atoms with Crippen molar-refractivity contribution in [3.05, 3.63) is 75.1 Å². The van der Waals surface area contributed by atoms with Gasteiger partial charge in [-0.05, 0) is 62.0 Å². The molecule has 4 atom stereocenters. The van der Waals surface area contributed by atoms with E-state index in [0.29, 0.717) is 11.3 Å². The van der Waals surface area contributed by atoms with Crippen LogP contribution in [0.4, 0.5) is 19.3 Å². The molecule has 3 aliphatic carbocycles. The minimum Gasteiger partial charge on any atom is -0.508 e. The zero-order chi connectivity index (χ0) is 41.1. The lowest BCUT2D eigenvalue weighted by molar-refractivity contribution is -0.153. The van der Waals surface area contributed by atoms with Crippen LogP contribution in [-0.2, 0) is 36.8 Å². The number of ether oxygens (including phenoxy) is 2. The Bertz CT molecular complexity index is 2040. The summed E-state index contributed by atoms with van der Waals surface area (Å²) in [6.45, 7) is 4.07. The van der Waals surface area contributed by atoms with Gasteiger partial charge in [0, 0.05) is 43.4 Å². The van der Waals surface area contributed by atoms with Crippen LogP contribution in [0.3, 0.4) is 0 Å². The Kier molecular flexibility index (Phi) is 10.8. The molecule has 0 unspecified atom stereocenters. The Hall–Kier alpha value is -5.55. The summed E-state index contributed by atoms with van der Waals surface area (Å²) in [4.78, 5) is 70.1. The fourth-order valence-electron chi connectivity index (χ4n) is 7.82. The first kappa shape index (κ1) is 40.6. The normalized spacial score (nSPS) is 22.2. The molecule has 0 aromatic heterocycles. The summed E-state index contributed by atoms with van der Waals surface area (Å²) in [5.41, 5.74) is 0.573. The molecule has 15 nitrogen and oxygen atoms in total. The molecule has 1 fully saturated rings. The number of anilines is 1. The molecular formula is C38H44F2N4O11. The van der Waals surface area contributed by atoms with Crippen molar-refractivity contribution in [2.24, 2.45) is 23.0 Å². The number of carbonyl (C=O) groups is 5. The van der Waals surface area contributed by atoms with Crippen LogP contribution >= 0.6 is 0 Å². The Morgan fingerprint density at radius 1 is 1.02 bits per heavy atom. The van der Waals surface area contributed by atoms with Gasteiger partial charge >= 0.3 is 12.1 Å². The average Bonchev–Trinajstić information content (AvgIpc) is 3.06. The van der Waals surface area contributed by atoms with Gasteiger partial charge in [0.25, 0.3) is 5.91 Å². The van der Waals surface area contributed by atoms with Crippen LogP contribution < -0.4 is 10.6 Å². The van der Waals surface area contributed by atoms with E-state index in [1.165, 1.54) is 23.9 Å². The molecule has 0 aliphatic heterocycles. The molecule has 296 valence electrons. The van der Waals surface area contributed by atoms with Crippen molar-refractivity contribution in [1.82, 2.24) is 9.80 Å². The fraction of sp³-hybridized carbons (Fsp3) is 0.447. The molecule has 3 aliphatic rings. The second-order valence-electron chi connectivity index (χ2n) is 15.6. The van der Waals surface area contributed by atoms with Gasteiger partial charge < -0.3 is 45.4 Å². The minimum absolute atomic E-state index is 0.0111. The number of nitrogens with two attached hydrogens (primary N) is 1. The highest BCUT2D eigenvalue weighted by Gasteiger charge is 2.64. The van der Waals surface area contributed by atoms with Crippen molar-refractivity contribution < 1.29 is 62.7 Å². The van der Waals surface area contributed by atoms with Gasteiger partial charge in [0.15, 0.2) is 11.4 Å². The quantitative estimate of drug-likeness (QED) is 0.141. The SMILES string of the molecule is CN(C)c1cc(CN(CC(C)(C)C)C(=O)OCOC(=O)c2c(F)cccc2F)c(O)c2c1C[C@H]1C[C@H]3[C@H](N(C)C)C(=O)C(C(N)=O)=C(O)[C@@]3(O)C(=O)C1=C2O. The third-order valence-electron chi connectivity index (χ3n) is 10.1. The van der Waals surface area contributed by atoms with E-state index in [4.69, 9.17) is 15.2 Å². The molecule has 5 rings (SSSR count). The molecule has 0 heterocycles. The van der Waals surface area contributed by atoms with Crippen molar-refractivity contribution in [2.45, 2.75) is 51.8 Å². The number of aliphatic hydroxyl groups is 3. The lowest BCUT2D eigenvalue weighted by Crippen LogP contribution is -2.65. The van der Waals surface area contributed by atoms with Crippen LogP contribution in [0.15, 0.2) is 41.2 Å². The molecule has 2 aromatic rings. The molecule has 0 bridgehead atoms. The maximum absolute atomic E-state index is 14.3. The number of phenolic OH excluding ortho intramolecular Hbond substituents is 1. The maximum atomic E-state index is 14.3. The number of fused-ring (bicyclic) bond motifs is 3. The Balaban J connectivity index is 1.54. The zero-order valence-electron chi connectivity index (χ0n) is 31.4. The van der Waals surface area contributed by atoms with Crippen LogP contribution in [-0.4, -0.2) is 113 Å². The largest absolute Gasteiger partial charge is 0.508 e. The van der Waals surface area contributed by atoms with E-state index >= 15 is 0 Å². The van der Waals surface area contributed by atoms with Gasteiger partial charge in [-0.15, -0.1) is 0 Å². The lowest BCUT2D eigenvalue weighted by Gasteiger charge is -2.50. The van der Waals surface area contributed by atoms with Crippen LogP contribution in [0.25, 0.3) is 5.76 Å². The molecule has 2 aromatic carbocycles. The monoisotopic (exact) mass is 770 g/mol. The molecular weight excluding hydrogens is 726 g/mol. The molecule has 2 amide bonds. The van der Waals surface area contributed by atoms with Crippen LogP contribution in [0.2, 0.25) is 0 Å². The minimum atomic E-state index is -2.82. The van der Waals surface area contributed by atoms with Gasteiger partial charge in [0.1, 0.15) is 40.0 Å². The molecule has 0 radical (unpaired) electrons. The predicted molar refractivity (Wildman–Crippen MR) is 192 cm³/mol. The number of hydrogen-bond donors (Lipinski definition) is 5. The smallest absolute Gasteiger partial charge is 0.412 e. The van der Waals surface area contributed by atoms with Crippen LogP contribution in [0.1, 0.15) is 54.2 Å². The maximum Gasteiger partial charge on any atom is 0.412 e. The first-order chi connectivity index (χ1) is 25.5. The highest BCUT2D eigenvalue weighted by Crippen LogP contribution is 2.54. The number of amides is 2. The number of esters is 1. The zero-order valence-corrected chi connectivity index (χ0v) is 31.4. The molecule has 6 N–H and O–H groups in total. The van der Waals surface area contributed by atoms with Gasteiger partial charge in [-0.1, -0.05) is 26.8 Å². The molecule has 1 saturated carbocycles. The van der Waals surface area contributed by atoms with Gasteiger partial charge in [-0.2, -0.15) is 0 Å². The number of ketones is 2. The number of rotatable bonds is 9.